The summed E-state index contributed by atoms with van der Waals surface area (Å²) >= 11 is 1.61. The molecule has 0 saturated heterocycles. The number of carbonyl (C=O) groups excluding carboxylic acids is 1. The van der Waals surface area contributed by atoms with E-state index in [0.717, 1.165) is 27.6 Å². The maximum absolute atomic E-state index is 11.4. The predicted octanol–water partition coefficient (Wildman–Crippen LogP) is 4.76. The van der Waals surface area contributed by atoms with Crippen molar-refractivity contribution < 1.29 is 23.7 Å². The molecule has 0 saturated carbocycles. The number of carbonyl (C=O) groups is 1. The molecule has 7 heteroatoms. The fraction of sp³-hybridized carbons (Fsp3) is 0.333. The van der Waals surface area contributed by atoms with Crippen LogP contribution in [-0.4, -0.2) is 24.2 Å². The van der Waals surface area contributed by atoms with Gasteiger partial charge in [-0.25, -0.2) is 9.78 Å². The van der Waals surface area contributed by atoms with Gasteiger partial charge < -0.3 is 9.15 Å². The average Bonchev–Trinajstić information content (AvgIpc) is 3.36. The van der Waals surface area contributed by atoms with Gasteiger partial charge in [0.15, 0.2) is 0 Å². The van der Waals surface area contributed by atoms with Gasteiger partial charge in [-0.1, -0.05) is 18.2 Å². The van der Waals surface area contributed by atoms with Crippen LogP contribution < -0.4 is 4.74 Å². The van der Waals surface area contributed by atoms with Crippen LogP contribution in [0.1, 0.15) is 30.4 Å². The average molecular weight is 401 g/mol. The zero-order chi connectivity index (χ0) is 19.8. The van der Waals surface area contributed by atoms with Gasteiger partial charge in [-0.2, -0.15) is 4.89 Å². The standard InChI is InChI=1S/C21H23NO5S/c1-3-25-27-20(23)11-8-16-6-9-17(10-7-16)24-13-12-18-15(2)26-21(22-18)19-5-4-14-28-19/h4-7,9-10,14H,3,8,11-13H2,1-2H3. The number of thiophene rings is 1. The third-order valence-electron chi connectivity index (χ3n) is 4.04. The number of rotatable bonds is 10. The fourth-order valence-corrected chi connectivity index (χ4v) is 3.25. The zero-order valence-corrected chi connectivity index (χ0v) is 16.8. The summed E-state index contributed by atoms with van der Waals surface area (Å²) in [5.74, 6) is 1.89. The monoisotopic (exact) mass is 401 g/mol. The van der Waals surface area contributed by atoms with Gasteiger partial charge in [-0.05, 0) is 49.4 Å². The molecule has 0 amide bonds. The molecular weight excluding hydrogens is 378 g/mol. The molecule has 0 radical (unpaired) electrons. The minimum atomic E-state index is -0.368. The number of oxazole rings is 1. The molecule has 0 atom stereocenters. The largest absolute Gasteiger partial charge is 0.493 e. The third-order valence-corrected chi connectivity index (χ3v) is 4.90. The Morgan fingerprint density at radius 2 is 2.00 bits per heavy atom. The first-order valence-corrected chi connectivity index (χ1v) is 10.1. The highest BCUT2D eigenvalue weighted by Crippen LogP contribution is 2.26. The molecule has 0 N–H and O–H groups in total. The van der Waals surface area contributed by atoms with Gasteiger partial charge in [0.2, 0.25) is 5.89 Å². The Morgan fingerprint density at radius 3 is 2.71 bits per heavy atom. The minimum Gasteiger partial charge on any atom is -0.493 e. The Bertz CT molecular complexity index is 871. The van der Waals surface area contributed by atoms with Gasteiger partial charge in [-0.15, -0.1) is 11.3 Å². The highest BCUT2D eigenvalue weighted by molar-refractivity contribution is 7.13. The van der Waals surface area contributed by atoms with Crippen molar-refractivity contribution in [2.45, 2.75) is 33.1 Å². The van der Waals surface area contributed by atoms with E-state index in [4.69, 9.17) is 9.15 Å². The normalized spacial score (nSPS) is 10.8. The Hall–Kier alpha value is -2.64. The summed E-state index contributed by atoms with van der Waals surface area (Å²) in [4.78, 5) is 26.3. The molecule has 0 bridgehead atoms. The smallest absolute Gasteiger partial charge is 0.342 e. The highest BCUT2D eigenvalue weighted by atomic mass is 32.1. The van der Waals surface area contributed by atoms with Gasteiger partial charge in [-0.3, -0.25) is 4.89 Å². The van der Waals surface area contributed by atoms with Crippen molar-refractivity contribution in [1.82, 2.24) is 4.98 Å². The SMILES string of the molecule is CCOOC(=O)CCc1ccc(OCCc2nc(-c3cccs3)oc2C)cc1. The maximum atomic E-state index is 11.4. The lowest BCUT2D eigenvalue weighted by Crippen LogP contribution is -2.06. The van der Waals surface area contributed by atoms with Crippen molar-refractivity contribution in [2.75, 3.05) is 13.2 Å². The summed E-state index contributed by atoms with van der Waals surface area (Å²) in [6.45, 7) is 4.54. The second-order valence-corrected chi connectivity index (χ2v) is 7.05. The van der Waals surface area contributed by atoms with Crippen molar-refractivity contribution >= 4 is 17.3 Å². The molecule has 1 aromatic carbocycles. The van der Waals surface area contributed by atoms with E-state index >= 15 is 0 Å². The molecule has 0 fully saturated rings. The lowest BCUT2D eigenvalue weighted by molar-refractivity contribution is -0.269. The molecule has 0 spiro atoms. The second kappa shape index (κ2) is 10.1. The summed E-state index contributed by atoms with van der Waals surface area (Å²) in [7, 11) is 0. The first-order chi connectivity index (χ1) is 13.7. The molecule has 2 aromatic heterocycles. The first kappa shape index (κ1) is 20.1. The van der Waals surface area contributed by atoms with E-state index in [1.165, 1.54) is 0 Å². The van der Waals surface area contributed by atoms with E-state index in [2.05, 4.69) is 14.8 Å². The van der Waals surface area contributed by atoms with E-state index in [1.807, 2.05) is 48.7 Å². The van der Waals surface area contributed by atoms with Crippen LogP contribution in [0.5, 0.6) is 5.75 Å². The topological polar surface area (TPSA) is 70.8 Å². The van der Waals surface area contributed by atoms with Crippen molar-refractivity contribution in [3.8, 4) is 16.5 Å². The number of ether oxygens (including phenoxy) is 1. The van der Waals surface area contributed by atoms with Crippen LogP contribution in [0, 0.1) is 6.92 Å². The summed E-state index contributed by atoms with van der Waals surface area (Å²) in [6, 6.07) is 11.7. The number of aryl methyl sites for hydroxylation is 2. The lowest BCUT2D eigenvalue weighted by Gasteiger charge is -2.07. The van der Waals surface area contributed by atoms with Gasteiger partial charge >= 0.3 is 5.97 Å². The van der Waals surface area contributed by atoms with E-state index < -0.39 is 0 Å². The summed E-state index contributed by atoms with van der Waals surface area (Å²) < 4.78 is 11.6. The summed E-state index contributed by atoms with van der Waals surface area (Å²) in [5, 5.41) is 2.00. The highest BCUT2D eigenvalue weighted by Gasteiger charge is 2.12. The molecule has 0 aliphatic rings. The molecule has 2 heterocycles. The van der Waals surface area contributed by atoms with Crippen LogP contribution in [0.15, 0.2) is 46.2 Å². The Balaban J connectivity index is 1.45. The predicted molar refractivity (Wildman–Crippen MR) is 106 cm³/mol. The van der Waals surface area contributed by atoms with Gasteiger partial charge in [0.25, 0.3) is 0 Å². The molecule has 0 unspecified atom stereocenters. The van der Waals surface area contributed by atoms with Gasteiger partial charge in [0.1, 0.15) is 11.5 Å². The zero-order valence-electron chi connectivity index (χ0n) is 16.0. The van der Waals surface area contributed by atoms with Crippen LogP contribution in [0.25, 0.3) is 10.8 Å². The van der Waals surface area contributed by atoms with Gasteiger partial charge in [0.05, 0.1) is 30.2 Å². The molecular formula is C21H23NO5S. The number of benzene rings is 1. The molecule has 0 aliphatic heterocycles. The number of hydrogen-bond acceptors (Lipinski definition) is 7. The molecule has 3 aromatic rings. The Labute approximate surface area is 168 Å². The minimum absolute atomic E-state index is 0.276. The Morgan fingerprint density at radius 1 is 1.18 bits per heavy atom. The quantitative estimate of drug-likeness (QED) is 0.360. The first-order valence-electron chi connectivity index (χ1n) is 9.20. The summed E-state index contributed by atoms with van der Waals surface area (Å²) in [5.41, 5.74) is 1.95. The molecule has 28 heavy (non-hydrogen) atoms. The molecule has 6 nitrogen and oxygen atoms in total. The fourth-order valence-electron chi connectivity index (χ4n) is 2.60. The van der Waals surface area contributed by atoms with E-state index in [0.29, 0.717) is 31.9 Å². The van der Waals surface area contributed by atoms with Crippen LogP contribution in [0.3, 0.4) is 0 Å². The maximum Gasteiger partial charge on any atom is 0.342 e. The number of nitrogens with zero attached hydrogens (tertiary/aromatic N) is 1. The van der Waals surface area contributed by atoms with E-state index in [9.17, 15) is 4.79 Å². The van der Waals surface area contributed by atoms with Crippen LogP contribution in [0.4, 0.5) is 0 Å². The molecule has 0 aliphatic carbocycles. The summed E-state index contributed by atoms with van der Waals surface area (Å²) in [6.07, 6.45) is 1.54. The molecule has 3 rings (SSSR count). The van der Waals surface area contributed by atoms with Crippen LogP contribution in [-0.2, 0) is 27.4 Å². The number of hydrogen-bond donors (Lipinski definition) is 0. The van der Waals surface area contributed by atoms with Crippen molar-refractivity contribution in [1.29, 1.82) is 0 Å². The van der Waals surface area contributed by atoms with Crippen molar-refractivity contribution in [3.05, 3.63) is 58.8 Å². The van der Waals surface area contributed by atoms with Crippen molar-refractivity contribution in [3.63, 3.8) is 0 Å². The van der Waals surface area contributed by atoms with Crippen LogP contribution >= 0.6 is 11.3 Å². The number of aromatic nitrogens is 1. The second-order valence-electron chi connectivity index (χ2n) is 6.10. The van der Waals surface area contributed by atoms with Gasteiger partial charge in [0, 0.05) is 6.42 Å². The third kappa shape index (κ3) is 5.68. The van der Waals surface area contributed by atoms with E-state index in [-0.39, 0.29) is 12.4 Å². The molecule has 148 valence electrons. The van der Waals surface area contributed by atoms with E-state index in [1.54, 1.807) is 18.3 Å². The Kier molecular flexibility index (Phi) is 7.22. The lowest BCUT2D eigenvalue weighted by atomic mass is 10.1. The van der Waals surface area contributed by atoms with Crippen molar-refractivity contribution in [2.24, 2.45) is 0 Å². The van der Waals surface area contributed by atoms with Crippen LogP contribution in [0.2, 0.25) is 0 Å².